The first-order valence-electron chi connectivity index (χ1n) is 6.05. The van der Waals surface area contributed by atoms with Gasteiger partial charge in [-0.05, 0) is 61.1 Å². The van der Waals surface area contributed by atoms with Crippen molar-refractivity contribution in [3.63, 3.8) is 0 Å². The van der Waals surface area contributed by atoms with Gasteiger partial charge in [0, 0.05) is 0 Å². The molecule has 1 unspecified atom stereocenters. The molecule has 0 saturated heterocycles. The largest absolute Gasteiger partial charge is 0.0599 e. The standard InChI is InChI=1S/C15H22/c1-11-5-6-13(9-12(11)2)14-7-8-15(3,4)10-14/h5-6,9,14H,7-8,10H2,1-4H3. The minimum absolute atomic E-state index is 0.559. The SMILES string of the molecule is Cc1ccc(C2CCC(C)(C)C2)cc1C. The van der Waals surface area contributed by atoms with Gasteiger partial charge in [0.1, 0.15) is 0 Å². The zero-order valence-corrected chi connectivity index (χ0v) is 10.4. The maximum Gasteiger partial charge on any atom is -0.0157 e. The monoisotopic (exact) mass is 202 g/mol. The molecule has 0 spiro atoms. The van der Waals surface area contributed by atoms with Crippen LogP contribution in [0.3, 0.4) is 0 Å². The van der Waals surface area contributed by atoms with Gasteiger partial charge in [-0.25, -0.2) is 0 Å². The summed E-state index contributed by atoms with van der Waals surface area (Å²) in [6.45, 7) is 9.21. The van der Waals surface area contributed by atoms with Gasteiger partial charge in [0.05, 0.1) is 0 Å². The first-order chi connectivity index (χ1) is 6.98. The molecule has 0 amide bonds. The van der Waals surface area contributed by atoms with E-state index >= 15 is 0 Å². The van der Waals surface area contributed by atoms with Crippen LogP contribution in [0.4, 0.5) is 0 Å². The zero-order chi connectivity index (χ0) is 11.1. The highest BCUT2D eigenvalue weighted by molar-refractivity contribution is 5.32. The van der Waals surface area contributed by atoms with E-state index in [1.165, 1.54) is 30.4 Å². The molecule has 0 aliphatic heterocycles. The molecule has 0 heterocycles. The first-order valence-corrected chi connectivity index (χ1v) is 6.05. The van der Waals surface area contributed by atoms with E-state index in [0.29, 0.717) is 5.41 Å². The highest BCUT2D eigenvalue weighted by Crippen LogP contribution is 2.46. The normalized spacial score (nSPS) is 24.4. The van der Waals surface area contributed by atoms with Crippen LogP contribution in [0.15, 0.2) is 18.2 Å². The predicted octanol–water partition coefficient (Wildman–Crippen LogP) is 4.60. The third kappa shape index (κ3) is 2.25. The molecular formula is C15H22. The van der Waals surface area contributed by atoms with Gasteiger partial charge in [0.15, 0.2) is 0 Å². The van der Waals surface area contributed by atoms with E-state index in [2.05, 4.69) is 45.9 Å². The van der Waals surface area contributed by atoms with Crippen LogP contribution in [0.5, 0.6) is 0 Å². The van der Waals surface area contributed by atoms with E-state index in [4.69, 9.17) is 0 Å². The fourth-order valence-electron chi connectivity index (χ4n) is 2.74. The Bertz CT molecular complexity index is 360. The van der Waals surface area contributed by atoms with Crippen molar-refractivity contribution in [2.75, 3.05) is 0 Å². The Kier molecular flexibility index (Phi) is 2.62. The number of aryl methyl sites for hydroxylation is 2. The Morgan fingerprint density at radius 3 is 2.40 bits per heavy atom. The van der Waals surface area contributed by atoms with E-state index in [0.717, 1.165) is 5.92 Å². The van der Waals surface area contributed by atoms with E-state index in [1.807, 2.05) is 0 Å². The average Bonchev–Trinajstić information content (AvgIpc) is 2.51. The van der Waals surface area contributed by atoms with Crippen LogP contribution >= 0.6 is 0 Å². The molecule has 0 bridgehead atoms. The summed E-state index contributed by atoms with van der Waals surface area (Å²) in [5, 5.41) is 0. The lowest BCUT2D eigenvalue weighted by atomic mass is 9.88. The molecule has 1 fully saturated rings. The van der Waals surface area contributed by atoms with Crippen LogP contribution < -0.4 is 0 Å². The molecule has 0 N–H and O–H groups in total. The topological polar surface area (TPSA) is 0 Å². The van der Waals surface area contributed by atoms with Crippen LogP contribution in [0.2, 0.25) is 0 Å². The van der Waals surface area contributed by atoms with Gasteiger partial charge < -0.3 is 0 Å². The average molecular weight is 202 g/mol. The van der Waals surface area contributed by atoms with Crippen molar-refractivity contribution < 1.29 is 0 Å². The molecule has 0 heteroatoms. The molecule has 1 aromatic rings. The Balaban J connectivity index is 2.21. The van der Waals surface area contributed by atoms with Crippen molar-refractivity contribution in [2.24, 2.45) is 5.41 Å². The summed E-state index contributed by atoms with van der Waals surface area (Å²) in [6, 6.07) is 6.99. The second-order valence-corrected chi connectivity index (χ2v) is 5.95. The van der Waals surface area contributed by atoms with Crippen LogP contribution in [0, 0.1) is 19.3 Å². The summed E-state index contributed by atoms with van der Waals surface area (Å²) >= 11 is 0. The summed E-state index contributed by atoms with van der Waals surface area (Å²) in [4.78, 5) is 0. The summed E-state index contributed by atoms with van der Waals surface area (Å²) in [6.07, 6.45) is 4.11. The van der Waals surface area contributed by atoms with Gasteiger partial charge in [-0.3, -0.25) is 0 Å². The highest BCUT2D eigenvalue weighted by Gasteiger charge is 2.31. The van der Waals surface area contributed by atoms with Gasteiger partial charge in [-0.2, -0.15) is 0 Å². The molecule has 1 saturated carbocycles. The lowest BCUT2D eigenvalue weighted by Crippen LogP contribution is -2.04. The van der Waals surface area contributed by atoms with Crippen molar-refractivity contribution in [1.29, 1.82) is 0 Å². The van der Waals surface area contributed by atoms with E-state index in [-0.39, 0.29) is 0 Å². The Labute approximate surface area is 93.7 Å². The highest BCUT2D eigenvalue weighted by atomic mass is 14.4. The molecule has 1 aromatic carbocycles. The third-order valence-electron chi connectivity index (χ3n) is 3.97. The van der Waals surface area contributed by atoms with Gasteiger partial charge in [0.25, 0.3) is 0 Å². The minimum atomic E-state index is 0.559. The van der Waals surface area contributed by atoms with Crippen molar-refractivity contribution >= 4 is 0 Å². The summed E-state index contributed by atoms with van der Waals surface area (Å²) < 4.78 is 0. The van der Waals surface area contributed by atoms with Crippen LogP contribution in [-0.2, 0) is 0 Å². The van der Waals surface area contributed by atoms with E-state index in [9.17, 15) is 0 Å². The van der Waals surface area contributed by atoms with Crippen molar-refractivity contribution in [1.82, 2.24) is 0 Å². The van der Waals surface area contributed by atoms with Crippen molar-refractivity contribution in [3.8, 4) is 0 Å². The molecule has 0 radical (unpaired) electrons. The molecule has 0 nitrogen and oxygen atoms in total. The molecule has 15 heavy (non-hydrogen) atoms. The van der Waals surface area contributed by atoms with Gasteiger partial charge in [-0.15, -0.1) is 0 Å². The fraction of sp³-hybridized carbons (Fsp3) is 0.600. The second kappa shape index (κ2) is 3.66. The number of benzene rings is 1. The molecular weight excluding hydrogens is 180 g/mol. The lowest BCUT2D eigenvalue weighted by molar-refractivity contribution is 0.376. The Morgan fingerprint density at radius 2 is 1.87 bits per heavy atom. The van der Waals surface area contributed by atoms with E-state index in [1.54, 1.807) is 5.56 Å². The van der Waals surface area contributed by atoms with E-state index < -0.39 is 0 Å². The van der Waals surface area contributed by atoms with Crippen LogP contribution in [0.1, 0.15) is 55.7 Å². The quantitative estimate of drug-likeness (QED) is 0.624. The minimum Gasteiger partial charge on any atom is -0.0599 e. The Morgan fingerprint density at radius 1 is 1.13 bits per heavy atom. The number of hydrogen-bond acceptors (Lipinski definition) is 0. The maximum atomic E-state index is 2.40. The molecule has 82 valence electrons. The zero-order valence-electron chi connectivity index (χ0n) is 10.4. The van der Waals surface area contributed by atoms with Gasteiger partial charge >= 0.3 is 0 Å². The molecule has 1 aliphatic carbocycles. The second-order valence-electron chi connectivity index (χ2n) is 5.95. The summed E-state index contributed by atoms with van der Waals surface area (Å²) in [7, 11) is 0. The van der Waals surface area contributed by atoms with Crippen molar-refractivity contribution in [2.45, 2.75) is 52.9 Å². The van der Waals surface area contributed by atoms with Crippen molar-refractivity contribution in [3.05, 3.63) is 34.9 Å². The van der Waals surface area contributed by atoms with Crippen LogP contribution in [0.25, 0.3) is 0 Å². The summed E-state index contributed by atoms with van der Waals surface area (Å²) in [5.41, 5.74) is 4.97. The fourth-order valence-corrected chi connectivity index (χ4v) is 2.74. The third-order valence-corrected chi connectivity index (χ3v) is 3.97. The van der Waals surface area contributed by atoms with Gasteiger partial charge in [-0.1, -0.05) is 32.0 Å². The predicted molar refractivity (Wildman–Crippen MR) is 66.3 cm³/mol. The molecule has 2 rings (SSSR count). The molecule has 1 atom stereocenters. The smallest absolute Gasteiger partial charge is 0.0157 e. The number of hydrogen-bond donors (Lipinski definition) is 0. The van der Waals surface area contributed by atoms with Gasteiger partial charge in [0.2, 0.25) is 0 Å². The maximum absolute atomic E-state index is 2.40. The van der Waals surface area contributed by atoms with Crippen LogP contribution in [-0.4, -0.2) is 0 Å². The Hall–Kier alpha value is -0.780. The summed E-state index contributed by atoms with van der Waals surface area (Å²) in [5.74, 6) is 0.805. The molecule has 1 aliphatic rings. The number of rotatable bonds is 1. The molecule has 0 aromatic heterocycles. The lowest BCUT2D eigenvalue weighted by Gasteiger charge is -2.17. The first kappa shape index (κ1) is 10.7.